The Morgan fingerprint density at radius 3 is 2.23 bits per heavy atom. The van der Waals surface area contributed by atoms with Gasteiger partial charge in [0.1, 0.15) is 0 Å². The lowest BCUT2D eigenvalue weighted by Gasteiger charge is -2.21. The molecule has 0 amide bonds. The van der Waals surface area contributed by atoms with Gasteiger partial charge in [0.15, 0.2) is 0 Å². The summed E-state index contributed by atoms with van der Waals surface area (Å²) in [5.74, 6) is 0.466. The average Bonchev–Trinajstić information content (AvgIpc) is 2.76. The van der Waals surface area contributed by atoms with Crippen molar-refractivity contribution in [3.63, 3.8) is 0 Å². The van der Waals surface area contributed by atoms with Crippen LogP contribution >= 0.6 is 0 Å². The van der Waals surface area contributed by atoms with Crippen LogP contribution in [0.15, 0.2) is 54.6 Å². The molecule has 0 radical (unpaired) electrons. The third-order valence-electron chi connectivity index (χ3n) is 5.79. The largest absolute Gasteiger partial charge is 0.505 e. The third kappa shape index (κ3) is 9.02. The monoisotopic (exact) mass is 410 g/mol. The highest BCUT2D eigenvalue weighted by Gasteiger charge is 2.16. The van der Waals surface area contributed by atoms with Gasteiger partial charge in [0, 0.05) is 5.92 Å². The fraction of sp³-hybridized carbons (Fsp3) is 0.519. The normalized spacial score (nSPS) is 11.9. The molecule has 0 bridgehead atoms. The Hall–Kier alpha value is -2.29. The first-order valence-electron chi connectivity index (χ1n) is 11.7. The van der Waals surface area contributed by atoms with Crippen LogP contribution in [0.2, 0.25) is 0 Å². The van der Waals surface area contributed by atoms with E-state index in [1.165, 1.54) is 68.1 Å². The Morgan fingerprint density at radius 1 is 0.833 bits per heavy atom. The molecule has 3 heteroatoms. The molecule has 0 saturated heterocycles. The maximum Gasteiger partial charge on any atom is 0.505 e. The molecule has 2 aromatic rings. The van der Waals surface area contributed by atoms with Gasteiger partial charge in [0.2, 0.25) is 0 Å². The fourth-order valence-electron chi connectivity index (χ4n) is 4.17. The molecule has 2 aromatic carbocycles. The molecule has 164 valence electrons. The van der Waals surface area contributed by atoms with Crippen molar-refractivity contribution in [3.8, 4) is 0 Å². The van der Waals surface area contributed by atoms with Gasteiger partial charge in [-0.3, -0.25) is 0 Å². The number of carboxylic acid groups (broad SMARTS) is 1. The molecular weight excluding hydrogens is 372 g/mol. The Bertz CT molecular complexity index is 711. The summed E-state index contributed by atoms with van der Waals surface area (Å²) in [5.41, 5.74) is 4.44. The van der Waals surface area contributed by atoms with E-state index in [4.69, 9.17) is 5.11 Å². The van der Waals surface area contributed by atoms with E-state index in [0.29, 0.717) is 12.5 Å². The summed E-state index contributed by atoms with van der Waals surface area (Å²) < 4.78 is 4.56. The van der Waals surface area contributed by atoms with Crippen LogP contribution < -0.4 is 0 Å². The summed E-state index contributed by atoms with van der Waals surface area (Å²) in [6.07, 6.45) is 11.6. The zero-order valence-corrected chi connectivity index (χ0v) is 18.5. The Kier molecular flexibility index (Phi) is 11.7. The minimum absolute atomic E-state index is 0.320. The van der Waals surface area contributed by atoms with Crippen molar-refractivity contribution in [2.75, 3.05) is 6.61 Å². The molecular formula is C27H38O3. The van der Waals surface area contributed by atoms with E-state index in [-0.39, 0.29) is 0 Å². The Labute approximate surface area is 182 Å². The van der Waals surface area contributed by atoms with Crippen molar-refractivity contribution in [1.29, 1.82) is 0 Å². The average molecular weight is 411 g/mol. The lowest BCUT2D eigenvalue weighted by atomic mass is 9.83. The van der Waals surface area contributed by atoms with Crippen molar-refractivity contribution < 1.29 is 14.6 Å². The summed E-state index contributed by atoms with van der Waals surface area (Å²) in [6.45, 7) is 2.58. The second kappa shape index (κ2) is 14.7. The number of hydrogen-bond acceptors (Lipinski definition) is 2. The van der Waals surface area contributed by atoms with Crippen LogP contribution in [-0.2, 0) is 11.2 Å². The van der Waals surface area contributed by atoms with E-state index < -0.39 is 6.16 Å². The number of unbranched alkanes of at least 4 members (excludes halogenated alkanes) is 7. The predicted octanol–water partition coefficient (Wildman–Crippen LogP) is 7.98. The molecule has 0 spiro atoms. The second-order valence-corrected chi connectivity index (χ2v) is 8.14. The Balaban J connectivity index is 1.89. The van der Waals surface area contributed by atoms with Crippen molar-refractivity contribution in [2.45, 2.75) is 83.5 Å². The van der Waals surface area contributed by atoms with Crippen LogP contribution in [-0.4, -0.2) is 17.9 Å². The quantitative estimate of drug-likeness (QED) is 0.239. The number of rotatable bonds is 15. The lowest BCUT2D eigenvalue weighted by Crippen LogP contribution is -2.05. The third-order valence-corrected chi connectivity index (χ3v) is 5.79. The molecule has 0 aliphatic heterocycles. The summed E-state index contributed by atoms with van der Waals surface area (Å²) in [5, 5.41) is 8.48. The number of aryl methyl sites for hydroxylation is 1. The van der Waals surface area contributed by atoms with Gasteiger partial charge in [-0.1, -0.05) is 106 Å². The van der Waals surface area contributed by atoms with Gasteiger partial charge < -0.3 is 9.84 Å². The standard InChI is InChI=1S/C27H38O3/c1-2-3-9-16-23-19-13-14-21-26(23)25(24-17-10-8-11-18-24)20-12-6-4-5-7-15-22-30-27(28)29/h8,10-11,13-14,17-19,21,25H,2-7,9,12,15-16,20,22H2,1H3,(H,28,29). The molecule has 0 saturated carbocycles. The second-order valence-electron chi connectivity index (χ2n) is 8.14. The number of benzene rings is 2. The first kappa shape index (κ1) is 24.0. The maximum absolute atomic E-state index is 10.3. The maximum atomic E-state index is 10.3. The van der Waals surface area contributed by atoms with Gasteiger partial charge in [-0.25, -0.2) is 4.79 Å². The van der Waals surface area contributed by atoms with Gasteiger partial charge >= 0.3 is 6.16 Å². The van der Waals surface area contributed by atoms with Crippen molar-refractivity contribution in [3.05, 3.63) is 71.3 Å². The molecule has 0 heterocycles. The van der Waals surface area contributed by atoms with E-state index >= 15 is 0 Å². The Morgan fingerprint density at radius 2 is 1.50 bits per heavy atom. The minimum atomic E-state index is -1.17. The first-order chi connectivity index (χ1) is 14.7. The molecule has 1 unspecified atom stereocenters. The van der Waals surface area contributed by atoms with Gasteiger partial charge in [-0.2, -0.15) is 0 Å². The van der Waals surface area contributed by atoms with Crippen molar-refractivity contribution in [1.82, 2.24) is 0 Å². The van der Waals surface area contributed by atoms with Crippen LogP contribution in [0.3, 0.4) is 0 Å². The molecule has 1 N–H and O–H groups in total. The fourth-order valence-corrected chi connectivity index (χ4v) is 4.17. The minimum Gasteiger partial charge on any atom is -0.450 e. The SMILES string of the molecule is CCCCCc1ccccc1C(CCCCCCCCOC(=O)O)c1ccccc1. The topological polar surface area (TPSA) is 46.5 Å². The van der Waals surface area contributed by atoms with Crippen LogP contribution in [0.5, 0.6) is 0 Å². The van der Waals surface area contributed by atoms with Crippen molar-refractivity contribution in [2.24, 2.45) is 0 Å². The number of hydrogen-bond donors (Lipinski definition) is 1. The molecule has 2 rings (SSSR count). The zero-order valence-electron chi connectivity index (χ0n) is 18.5. The summed E-state index contributed by atoms with van der Waals surface area (Å²) in [4.78, 5) is 10.3. The highest BCUT2D eigenvalue weighted by atomic mass is 16.7. The summed E-state index contributed by atoms with van der Waals surface area (Å²) in [7, 11) is 0. The highest BCUT2D eigenvalue weighted by molar-refractivity contribution is 5.56. The molecule has 3 nitrogen and oxygen atoms in total. The van der Waals surface area contributed by atoms with Crippen LogP contribution in [0.4, 0.5) is 4.79 Å². The highest BCUT2D eigenvalue weighted by Crippen LogP contribution is 2.33. The van der Waals surface area contributed by atoms with Gasteiger partial charge in [-0.05, 0) is 42.4 Å². The molecule has 0 aliphatic carbocycles. The number of carbonyl (C=O) groups is 1. The molecule has 0 fully saturated rings. The lowest BCUT2D eigenvalue weighted by molar-refractivity contribution is 0.0899. The van der Waals surface area contributed by atoms with E-state index in [9.17, 15) is 4.79 Å². The molecule has 0 aliphatic rings. The summed E-state index contributed by atoms with van der Waals surface area (Å²) >= 11 is 0. The van der Waals surface area contributed by atoms with E-state index in [1.807, 2.05) is 0 Å². The van der Waals surface area contributed by atoms with E-state index in [2.05, 4.69) is 66.3 Å². The molecule has 1 atom stereocenters. The van der Waals surface area contributed by atoms with Crippen LogP contribution in [0.25, 0.3) is 0 Å². The smallest absolute Gasteiger partial charge is 0.450 e. The van der Waals surface area contributed by atoms with Crippen molar-refractivity contribution >= 4 is 6.16 Å². The van der Waals surface area contributed by atoms with Crippen LogP contribution in [0, 0.1) is 0 Å². The van der Waals surface area contributed by atoms with Gasteiger partial charge in [-0.15, -0.1) is 0 Å². The van der Waals surface area contributed by atoms with Crippen LogP contribution in [0.1, 0.15) is 93.7 Å². The van der Waals surface area contributed by atoms with Gasteiger partial charge in [0.25, 0.3) is 0 Å². The predicted molar refractivity (Wildman–Crippen MR) is 124 cm³/mol. The van der Waals surface area contributed by atoms with E-state index in [0.717, 1.165) is 19.3 Å². The number of ether oxygens (including phenoxy) is 1. The molecule has 30 heavy (non-hydrogen) atoms. The van der Waals surface area contributed by atoms with E-state index in [1.54, 1.807) is 0 Å². The van der Waals surface area contributed by atoms with Gasteiger partial charge in [0.05, 0.1) is 6.61 Å². The molecule has 0 aromatic heterocycles. The summed E-state index contributed by atoms with van der Waals surface area (Å²) in [6, 6.07) is 20.0. The zero-order chi connectivity index (χ0) is 21.4. The first-order valence-corrected chi connectivity index (χ1v) is 11.7.